The summed E-state index contributed by atoms with van der Waals surface area (Å²) in [5, 5.41) is 8.96. The van der Waals surface area contributed by atoms with Crippen molar-refractivity contribution in [3.63, 3.8) is 0 Å². The van der Waals surface area contributed by atoms with E-state index in [2.05, 4.69) is 30.3 Å². The predicted molar refractivity (Wildman–Crippen MR) is 110 cm³/mol. The highest BCUT2D eigenvalue weighted by atomic mass is 19.1. The van der Waals surface area contributed by atoms with Crippen LogP contribution in [0.15, 0.2) is 66.7 Å². The number of halogens is 1. The van der Waals surface area contributed by atoms with Crippen molar-refractivity contribution in [3.05, 3.63) is 89.2 Å². The van der Waals surface area contributed by atoms with Gasteiger partial charge in [-0.15, -0.1) is 0 Å². The predicted octanol–water partition coefficient (Wildman–Crippen LogP) is 5.53. The van der Waals surface area contributed by atoms with Crippen LogP contribution < -0.4 is 4.74 Å². The van der Waals surface area contributed by atoms with Gasteiger partial charge in [-0.05, 0) is 83.7 Å². The van der Waals surface area contributed by atoms with E-state index in [9.17, 15) is 4.39 Å². The van der Waals surface area contributed by atoms with Crippen molar-refractivity contribution in [2.75, 3.05) is 13.2 Å². The Labute approximate surface area is 165 Å². The van der Waals surface area contributed by atoms with E-state index in [1.165, 1.54) is 29.2 Å². The molecule has 1 N–H and O–H groups in total. The zero-order valence-electron chi connectivity index (χ0n) is 15.9. The summed E-state index contributed by atoms with van der Waals surface area (Å²) in [4.78, 5) is 0. The zero-order chi connectivity index (χ0) is 19.3. The van der Waals surface area contributed by atoms with Crippen LogP contribution in [-0.2, 0) is 12.8 Å². The highest BCUT2D eigenvalue weighted by Gasteiger charge is 2.21. The van der Waals surface area contributed by atoms with Crippen LogP contribution >= 0.6 is 0 Å². The number of ether oxygens (including phenoxy) is 1. The molecule has 0 spiro atoms. The van der Waals surface area contributed by atoms with Crippen molar-refractivity contribution in [2.45, 2.75) is 31.6 Å². The van der Waals surface area contributed by atoms with Gasteiger partial charge in [0.05, 0.1) is 6.61 Å². The molecule has 3 aromatic rings. The van der Waals surface area contributed by atoms with E-state index in [0.29, 0.717) is 12.5 Å². The Kier molecular flexibility index (Phi) is 5.73. The molecule has 0 aliphatic heterocycles. The summed E-state index contributed by atoms with van der Waals surface area (Å²) < 4.78 is 19.2. The molecule has 144 valence electrons. The third-order valence-corrected chi connectivity index (χ3v) is 5.48. The van der Waals surface area contributed by atoms with Gasteiger partial charge >= 0.3 is 0 Å². The number of hydrogen-bond donors (Lipinski definition) is 1. The molecule has 3 heteroatoms. The number of aryl methyl sites for hydroxylation is 1. The van der Waals surface area contributed by atoms with Crippen LogP contribution in [0.2, 0.25) is 0 Å². The molecule has 0 fully saturated rings. The summed E-state index contributed by atoms with van der Waals surface area (Å²) in [6, 6.07) is 21.5. The molecule has 1 aliphatic rings. The van der Waals surface area contributed by atoms with Gasteiger partial charge in [0.15, 0.2) is 0 Å². The molecule has 28 heavy (non-hydrogen) atoms. The molecule has 2 nitrogen and oxygen atoms in total. The number of fused-ring (bicyclic) bond motifs is 1. The van der Waals surface area contributed by atoms with Crippen LogP contribution in [0.1, 0.15) is 35.4 Å². The number of aliphatic hydroxyl groups excluding tert-OH is 1. The van der Waals surface area contributed by atoms with Crippen molar-refractivity contribution >= 4 is 0 Å². The number of hydrogen-bond acceptors (Lipinski definition) is 2. The fraction of sp³-hybridized carbons (Fsp3) is 0.280. The van der Waals surface area contributed by atoms with E-state index in [4.69, 9.17) is 9.84 Å². The Morgan fingerprint density at radius 1 is 0.964 bits per heavy atom. The first kappa shape index (κ1) is 18.7. The molecule has 0 aromatic heterocycles. The minimum atomic E-state index is -0.202. The van der Waals surface area contributed by atoms with Crippen molar-refractivity contribution < 1.29 is 14.2 Å². The summed E-state index contributed by atoms with van der Waals surface area (Å²) in [7, 11) is 0. The maximum absolute atomic E-state index is 13.7. The van der Waals surface area contributed by atoms with Gasteiger partial charge in [-0.25, -0.2) is 4.39 Å². The monoisotopic (exact) mass is 376 g/mol. The molecule has 3 aromatic carbocycles. The van der Waals surface area contributed by atoms with Crippen LogP contribution in [-0.4, -0.2) is 18.3 Å². The SMILES string of the molecule is OCCOc1cccc(CC2CCCc3ccc(-c4cccc(F)c4)cc32)c1. The average Bonchev–Trinajstić information content (AvgIpc) is 2.72. The Hall–Kier alpha value is -2.65. The quantitative estimate of drug-likeness (QED) is 0.613. The van der Waals surface area contributed by atoms with Crippen molar-refractivity contribution in [1.29, 1.82) is 0 Å². The average molecular weight is 376 g/mol. The van der Waals surface area contributed by atoms with E-state index < -0.39 is 0 Å². The smallest absolute Gasteiger partial charge is 0.123 e. The minimum absolute atomic E-state index is 0.0169. The number of aliphatic hydroxyl groups is 1. The first-order chi connectivity index (χ1) is 13.7. The third-order valence-electron chi connectivity index (χ3n) is 5.48. The maximum Gasteiger partial charge on any atom is 0.123 e. The molecule has 0 radical (unpaired) electrons. The molecule has 0 saturated carbocycles. The summed E-state index contributed by atoms with van der Waals surface area (Å²) in [5.74, 6) is 1.05. The third kappa shape index (κ3) is 4.26. The van der Waals surface area contributed by atoms with Gasteiger partial charge < -0.3 is 9.84 Å². The van der Waals surface area contributed by atoms with Gasteiger partial charge in [-0.2, -0.15) is 0 Å². The van der Waals surface area contributed by atoms with Crippen molar-refractivity contribution in [2.24, 2.45) is 0 Å². The van der Waals surface area contributed by atoms with E-state index in [0.717, 1.165) is 36.1 Å². The molecule has 0 amide bonds. The summed E-state index contributed by atoms with van der Waals surface area (Å²) >= 11 is 0. The molecule has 1 aliphatic carbocycles. The lowest BCUT2D eigenvalue weighted by molar-refractivity contribution is 0.201. The minimum Gasteiger partial charge on any atom is -0.491 e. The first-order valence-electron chi connectivity index (χ1n) is 9.94. The molecule has 1 atom stereocenters. The second-order valence-electron chi connectivity index (χ2n) is 7.44. The van der Waals surface area contributed by atoms with E-state index >= 15 is 0 Å². The Morgan fingerprint density at radius 2 is 1.82 bits per heavy atom. The Balaban J connectivity index is 1.60. The molecular formula is C25H25FO2. The molecule has 0 saturated heterocycles. The van der Waals surface area contributed by atoms with E-state index in [1.54, 1.807) is 12.1 Å². The summed E-state index contributed by atoms with van der Waals surface area (Å²) in [6.07, 6.45) is 4.41. The normalized spacial score (nSPS) is 15.9. The van der Waals surface area contributed by atoms with Crippen LogP contribution in [0.5, 0.6) is 5.75 Å². The zero-order valence-corrected chi connectivity index (χ0v) is 15.9. The van der Waals surface area contributed by atoms with Gasteiger partial charge in [-0.3, -0.25) is 0 Å². The molecule has 4 rings (SSSR count). The Morgan fingerprint density at radius 3 is 2.68 bits per heavy atom. The second-order valence-corrected chi connectivity index (χ2v) is 7.44. The highest BCUT2D eigenvalue weighted by Crippen LogP contribution is 2.37. The molecule has 0 bridgehead atoms. The van der Waals surface area contributed by atoms with E-state index in [-0.39, 0.29) is 12.4 Å². The lowest BCUT2D eigenvalue weighted by Gasteiger charge is -2.26. The van der Waals surface area contributed by atoms with Gasteiger partial charge in [0, 0.05) is 0 Å². The van der Waals surface area contributed by atoms with Gasteiger partial charge in [0.1, 0.15) is 18.2 Å². The molecular weight excluding hydrogens is 351 g/mol. The van der Waals surface area contributed by atoms with Crippen LogP contribution in [0.4, 0.5) is 4.39 Å². The van der Waals surface area contributed by atoms with Crippen molar-refractivity contribution in [1.82, 2.24) is 0 Å². The Bertz CT molecular complexity index is 951. The second kappa shape index (κ2) is 8.57. The first-order valence-corrected chi connectivity index (χ1v) is 9.94. The van der Waals surface area contributed by atoms with Gasteiger partial charge in [0.2, 0.25) is 0 Å². The largest absolute Gasteiger partial charge is 0.491 e. The number of benzene rings is 3. The fourth-order valence-electron chi connectivity index (χ4n) is 4.17. The van der Waals surface area contributed by atoms with Crippen LogP contribution in [0, 0.1) is 5.82 Å². The topological polar surface area (TPSA) is 29.5 Å². The summed E-state index contributed by atoms with van der Waals surface area (Å²) in [6.45, 7) is 0.329. The van der Waals surface area contributed by atoms with Gasteiger partial charge in [0.25, 0.3) is 0 Å². The lowest BCUT2D eigenvalue weighted by Crippen LogP contribution is -2.12. The van der Waals surface area contributed by atoms with Crippen LogP contribution in [0.25, 0.3) is 11.1 Å². The highest BCUT2D eigenvalue weighted by molar-refractivity contribution is 5.65. The standard InChI is InChI=1S/C25H25FO2/c26-23-8-3-6-20(16-23)21-11-10-19-5-2-7-22(25(19)17-21)14-18-4-1-9-24(15-18)28-13-12-27/h1,3-4,6,8-11,15-17,22,27H,2,5,7,12-14H2. The molecule has 1 unspecified atom stereocenters. The fourth-order valence-corrected chi connectivity index (χ4v) is 4.17. The van der Waals surface area contributed by atoms with Crippen molar-refractivity contribution in [3.8, 4) is 16.9 Å². The summed E-state index contributed by atoms with van der Waals surface area (Å²) in [5.41, 5.74) is 6.03. The number of rotatable bonds is 6. The lowest BCUT2D eigenvalue weighted by atomic mass is 9.78. The van der Waals surface area contributed by atoms with Crippen LogP contribution in [0.3, 0.4) is 0 Å². The molecule has 0 heterocycles. The maximum atomic E-state index is 13.7. The van der Waals surface area contributed by atoms with Gasteiger partial charge in [-0.1, -0.05) is 42.5 Å². The van der Waals surface area contributed by atoms with E-state index in [1.807, 2.05) is 18.2 Å².